The lowest BCUT2D eigenvalue weighted by atomic mass is 10.1. The summed E-state index contributed by atoms with van der Waals surface area (Å²) in [5.74, 6) is -0.0550. The number of carbonyl (C=O) groups is 1. The first-order valence-electron chi connectivity index (χ1n) is 6.13. The van der Waals surface area contributed by atoms with Gasteiger partial charge in [0.05, 0.1) is 6.04 Å². The first kappa shape index (κ1) is 15.0. The summed E-state index contributed by atoms with van der Waals surface area (Å²) in [5.41, 5.74) is 1.60. The van der Waals surface area contributed by atoms with E-state index >= 15 is 0 Å². The molecular weight excluding hydrogens is 340 g/mol. The largest absolute Gasteiger partial charge is 0.335 e. The van der Waals surface area contributed by atoms with Gasteiger partial charge in [-0.05, 0) is 52.7 Å². The highest BCUT2D eigenvalue weighted by Crippen LogP contribution is 2.23. The lowest BCUT2D eigenvalue weighted by Crippen LogP contribution is -2.29. The number of hydrogen-bond acceptors (Lipinski definition) is 2. The third-order valence-corrected chi connectivity index (χ3v) is 3.87. The standard InChI is InChI=1S/C15H14BrClN2O/c1-10(11-4-3-5-13(17)8-11)19(2)15(20)12-6-7-18-14(16)9-12/h3-10H,1-2H3. The molecule has 5 heteroatoms. The van der Waals surface area contributed by atoms with Gasteiger partial charge in [-0.25, -0.2) is 4.98 Å². The van der Waals surface area contributed by atoms with E-state index in [9.17, 15) is 4.79 Å². The molecule has 0 N–H and O–H groups in total. The second-order valence-corrected chi connectivity index (χ2v) is 5.76. The van der Waals surface area contributed by atoms with Crippen LogP contribution in [0.15, 0.2) is 47.2 Å². The van der Waals surface area contributed by atoms with Crippen LogP contribution in [0.3, 0.4) is 0 Å². The molecule has 1 amide bonds. The highest BCUT2D eigenvalue weighted by Gasteiger charge is 2.19. The van der Waals surface area contributed by atoms with Gasteiger partial charge in [0, 0.05) is 23.8 Å². The fourth-order valence-electron chi connectivity index (χ4n) is 1.91. The van der Waals surface area contributed by atoms with Gasteiger partial charge in [-0.3, -0.25) is 4.79 Å². The van der Waals surface area contributed by atoms with Gasteiger partial charge in [-0.15, -0.1) is 0 Å². The van der Waals surface area contributed by atoms with Crippen LogP contribution in [-0.4, -0.2) is 22.8 Å². The molecule has 0 spiro atoms. The first-order valence-corrected chi connectivity index (χ1v) is 7.30. The minimum atomic E-state index is -0.0619. The van der Waals surface area contributed by atoms with Gasteiger partial charge in [0.1, 0.15) is 4.60 Å². The SMILES string of the molecule is CC(c1cccc(Cl)c1)N(C)C(=O)c1ccnc(Br)c1. The molecule has 0 fully saturated rings. The summed E-state index contributed by atoms with van der Waals surface area (Å²) in [5, 5.41) is 0.668. The van der Waals surface area contributed by atoms with Gasteiger partial charge in [-0.1, -0.05) is 23.7 Å². The summed E-state index contributed by atoms with van der Waals surface area (Å²) in [7, 11) is 1.78. The van der Waals surface area contributed by atoms with Crippen LogP contribution >= 0.6 is 27.5 Å². The van der Waals surface area contributed by atoms with E-state index in [4.69, 9.17) is 11.6 Å². The molecule has 0 aliphatic heterocycles. The number of rotatable bonds is 3. The van der Waals surface area contributed by atoms with Crippen molar-refractivity contribution in [3.05, 3.63) is 63.3 Å². The highest BCUT2D eigenvalue weighted by atomic mass is 79.9. The van der Waals surface area contributed by atoms with Crippen molar-refractivity contribution in [1.29, 1.82) is 0 Å². The van der Waals surface area contributed by atoms with Crippen LogP contribution in [0.4, 0.5) is 0 Å². The average molecular weight is 354 g/mol. The highest BCUT2D eigenvalue weighted by molar-refractivity contribution is 9.10. The van der Waals surface area contributed by atoms with Crippen molar-refractivity contribution >= 4 is 33.4 Å². The average Bonchev–Trinajstić information content (AvgIpc) is 2.45. The molecule has 1 aromatic carbocycles. The lowest BCUT2D eigenvalue weighted by Gasteiger charge is -2.25. The molecule has 2 rings (SSSR count). The molecule has 20 heavy (non-hydrogen) atoms. The molecule has 3 nitrogen and oxygen atoms in total. The summed E-state index contributed by atoms with van der Waals surface area (Å²) in [6, 6.07) is 10.9. The topological polar surface area (TPSA) is 33.2 Å². The smallest absolute Gasteiger partial charge is 0.254 e. The van der Waals surface area contributed by atoms with Crippen molar-refractivity contribution in [1.82, 2.24) is 9.88 Å². The van der Waals surface area contributed by atoms with Crippen LogP contribution in [0, 0.1) is 0 Å². The van der Waals surface area contributed by atoms with E-state index in [1.165, 1.54) is 0 Å². The fraction of sp³-hybridized carbons (Fsp3) is 0.200. The number of aromatic nitrogens is 1. The van der Waals surface area contributed by atoms with E-state index in [-0.39, 0.29) is 11.9 Å². The Balaban J connectivity index is 2.22. The van der Waals surface area contributed by atoms with Gasteiger partial charge >= 0.3 is 0 Å². The Morgan fingerprint density at radius 1 is 1.35 bits per heavy atom. The van der Waals surface area contributed by atoms with Crippen LogP contribution in [0.1, 0.15) is 28.9 Å². The summed E-state index contributed by atoms with van der Waals surface area (Å²) in [6.07, 6.45) is 1.61. The molecule has 0 aliphatic rings. The van der Waals surface area contributed by atoms with E-state index in [0.717, 1.165) is 5.56 Å². The Bertz CT molecular complexity index is 633. The molecule has 2 aromatic rings. The van der Waals surface area contributed by atoms with Crippen molar-refractivity contribution in [2.24, 2.45) is 0 Å². The van der Waals surface area contributed by atoms with Crippen molar-refractivity contribution in [3.8, 4) is 0 Å². The lowest BCUT2D eigenvalue weighted by molar-refractivity contribution is 0.0742. The molecule has 1 heterocycles. The molecule has 1 unspecified atom stereocenters. The van der Waals surface area contributed by atoms with Gasteiger partial charge in [-0.2, -0.15) is 0 Å². The van der Waals surface area contributed by atoms with E-state index in [2.05, 4.69) is 20.9 Å². The maximum atomic E-state index is 12.4. The number of benzene rings is 1. The zero-order valence-corrected chi connectivity index (χ0v) is 13.5. The van der Waals surface area contributed by atoms with Gasteiger partial charge in [0.2, 0.25) is 0 Å². The molecule has 0 saturated carbocycles. The Labute approximate surface area is 131 Å². The number of carbonyl (C=O) groups excluding carboxylic acids is 1. The van der Waals surface area contributed by atoms with E-state index in [1.807, 2.05) is 31.2 Å². The maximum Gasteiger partial charge on any atom is 0.254 e. The summed E-state index contributed by atoms with van der Waals surface area (Å²) in [4.78, 5) is 18.2. The molecular formula is C15H14BrClN2O. The van der Waals surface area contributed by atoms with Crippen LogP contribution < -0.4 is 0 Å². The number of amides is 1. The zero-order chi connectivity index (χ0) is 14.7. The second-order valence-electron chi connectivity index (χ2n) is 4.51. The zero-order valence-electron chi connectivity index (χ0n) is 11.2. The van der Waals surface area contributed by atoms with E-state index in [0.29, 0.717) is 15.2 Å². The van der Waals surface area contributed by atoms with Crippen LogP contribution in [0.5, 0.6) is 0 Å². The minimum absolute atomic E-state index is 0.0550. The molecule has 1 aromatic heterocycles. The third kappa shape index (κ3) is 3.38. The predicted octanol–water partition coefficient (Wildman–Crippen LogP) is 4.33. The van der Waals surface area contributed by atoms with E-state index in [1.54, 1.807) is 30.3 Å². The van der Waals surface area contributed by atoms with Gasteiger partial charge < -0.3 is 4.90 Å². The number of halogens is 2. The molecule has 0 aliphatic carbocycles. The normalized spacial score (nSPS) is 12.0. The fourth-order valence-corrected chi connectivity index (χ4v) is 2.47. The molecule has 0 radical (unpaired) electrons. The van der Waals surface area contributed by atoms with Crippen molar-refractivity contribution in [3.63, 3.8) is 0 Å². The predicted molar refractivity (Wildman–Crippen MR) is 83.9 cm³/mol. The maximum absolute atomic E-state index is 12.4. The number of pyridine rings is 1. The monoisotopic (exact) mass is 352 g/mol. The van der Waals surface area contributed by atoms with Crippen molar-refractivity contribution in [2.45, 2.75) is 13.0 Å². The Kier molecular flexibility index (Phi) is 4.78. The van der Waals surface area contributed by atoms with Crippen LogP contribution in [-0.2, 0) is 0 Å². The second kappa shape index (κ2) is 6.37. The molecule has 0 bridgehead atoms. The Hall–Kier alpha value is -1.39. The molecule has 0 saturated heterocycles. The molecule has 1 atom stereocenters. The van der Waals surface area contributed by atoms with Gasteiger partial charge in [0.15, 0.2) is 0 Å². The summed E-state index contributed by atoms with van der Waals surface area (Å²) in [6.45, 7) is 1.97. The first-order chi connectivity index (χ1) is 9.49. The van der Waals surface area contributed by atoms with Gasteiger partial charge in [0.25, 0.3) is 5.91 Å². The van der Waals surface area contributed by atoms with Crippen molar-refractivity contribution < 1.29 is 4.79 Å². The Morgan fingerprint density at radius 2 is 2.10 bits per heavy atom. The summed E-state index contributed by atoms with van der Waals surface area (Å²) >= 11 is 9.26. The summed E-state index contributed by atoms with van der Waals surface area (Å²) < 4.78 is 0.646. The minimum Gasteiger partial charge on any atom is -0.335 e. The van der Waals surface area contributed by atoms with E-state index < -0.39 is 0 Å². The molecule has 104 valence electrons. The third-order valence-electron chi connectivity index (χ3n) is 3.21. The quantitative estimate of drug-likeness (QED) is 0.769. The van der Waals surface area contributed by atoms with Crippen LogP contribution in [0.25, 0.3) is 0 Å². The number of hydrogen-bond donors (Lipinski definition) is 0. The van der Waals surface area contributed by atoms with Crippen molar-refractivity contribution in [2.75, 3.05) is 7.05 Å². The van der Waals surface area contributed by atoms with Crippen LogP contribution in [0.2, 0.25) is 5.02 Å². The number of nitrogens with zero attached hydrogens (tertiary/aromatic N) is 2. The Morgan fingerprint density at radius 3 is 2.75 bits per heavy atom.